The summed E-state index contributed by atoms with van der Waals surface area (Å²) in [5, 5.41) is 9.49. The van der Waals surface area contributed by atoms with Gasteiger partial charge in [-0.1, -0.05) is 6.42 Å². The van der Waals surface area contributed by atoms with Gasteiger partial charge in [0.2, 0.25) is 5.91 Å². The first-order valence-electron chi connectivity index (χ1n) is 8.24. The zero-order valence-corrected chi connectivity index (χ0v) is 15.9. The summed E-state index contributed by atoms with van der Waals surface area (Å²) in [4.78, 5) is 18.2. The van der Waals surface area contributed by atoms with Crippen molar-refractivity contribution in [3.8, 4) is 0 Å². The number of likely N-dealkylation sites (tertiary alicyclic amines) is 1. The number of hydrogen-bond acceptors (Lipinski definition) is 3. The molecule has 2 rings (SSSR count). The number of carbonyl (C=O) groups is 1. The molecule has 1 aliphatic carbocycles. The van der Waals surface area contributed by atoms with E-state index in [1.165, 1.54) is 32.4 Å². The molecule has 1 aliphatic heterocycles. The standard InChI is InChI=1S/C15H29N5O.HI/c1-16-15(18-8-7-17-14(21)13-5-6-13)19-9-12-20-10-3-2-4-11-20;/h13H,2-12H2,1H3,(H,17,21)(H2,16,18,19);1H. The second-order valence-corrected chi connectivity index (χ2v) is 5.89. The highest BCUT2D eigenvalue weighted by Crippen LogP contribution is 2.28. The maximum atomic E-state index is 11.5. The van der Waals surface area contributed by atoms with Crippen LogP contribution >= 0.6 is 24.0 Å². The minimum atomic E-state index is 0. The van der Waals surface area contributed by atoms with Crippen molar-refractivity contribution in [1.82, 2.24) is 20.9 Å². The summed E-state index contributed by atoms with van der Waals surface area (Å²) in [5.41, 5.74) is 0. The zero-order chi connectivity index (χ0) is 14.9. The Morgan fingerprint density at radius 2 is 1.68 bits per heavy atom. The molecule has 6 nitrogen and oxygen atoms in total. The van der Waals surface area contributed by atoms with Gasteiger partial charge in [-0.25, -0.2) is 0 Å². The number of hydrogen-bond donors (Lipinski definition) is 3. The first-order valence-corrected chi connectivity index (χ1v) is 8.24. The maximum absolute atomic E-state index is 11.5. The van der Waals surface area contributed by atoms with Gasteiger partial charge in [-0.15, -0.1) is 24.0 Å². The molecule has 0 unspecified atom stereocenters. The molecule has 0 aromatic rings. The molecule has 1 saturated heterocycles. The van der Waals surface area contributed by atoms with Crippen LogP contribution in [0.3, 0.4) is 0 Å². The van der Waals surface area contributed by atoms with Crippen molar-refractivity contribution >= 4 is 35.8 Å². The summed E-state index contributed by atoms with van der Waals surface area (Å²) in [5.74, 6) is 1.30. The largest absolute Gasteiger partial charge is 0.355 e. The lowest BCUT2D eigenvalue weighted by atomic mass is 10.1. The molecule has 22 heavy (non-hydrogen) atoms. The average molecular weight is 423 g/mol. The monoisotopic (exact) mass is 423 g/mol. The van der Waals surface area contributed by atoms with Gasteiger partial charge in [0.15, 0.2) is 5.96 Å². The number of halogens is 1. The maximum Gasteiger partial charge on any atom is 0.223 e. The normalized spacial score (nSPS) is 19.2. The Morgan fingerprint density at radius 1 is 1.05 bits per heavy atom. The zero-order valence-electron chi connectivity index (χ0n) is 13.6. The molecule has 0 atom stereocenters. The van der Waals surface area contributed by atoms with E-state index in [4.69, 9.17) is 0 Å². The molecule has 1 heterocycles. The average Bonchev–Trinajstić information content (AvgIpc) is 3.35. The summed E-state index contributed by atoms with van der Waals surface area (Å²) in [6.07, 6.45) is 6.14. The molecule has 0 aromatic carbocycles. The van der Waals surface area contributed by atoms with Crippen molar-refractivity contribution in [1.29, 1.82) is 0 Å². The van der Waals surface area contributed by atoms with Crippen LogP contribution in [-0.2, 0) is 4.79 Å². The van der Waals surface area contributed by atoms with Gasteiger partial charge < -0.3 is 20.9 Å². The topological polar surface area (TPSA) is 68.8 Å². The Hall–Kier alpha value is -0.570. The molecular weight excluding hydrogens is 393 g/mol. The van der Waals surface area contributed by atoms with Crippen molar-refractivity contribution in [3.63, 3.8) is 0 Å². The Balaban J connectivity index is 0.00000242. The Morgan fingerprint density at radius 3 is 2.32 bits per heavy atom. The number of piperidine rings is 1. The number of nitrogens with zero attached hydrogens (tertiary/aromatic N) is 2. The molecule has 0 aromatic heterocycles. The summed E-state index contributed by atoms with van der Waals surface area (Å²) in [7, 11) is 1.78. The lowest BCUT2D eigenvalue weighted by molar-refractivity contribution is -0.122. The molecule has 3 N–H and O–H groups in total. The van der Waals surface area contributed by atoms with Crippen molar-refractivity contribution in [3.05, 3.63) is 0 Å². The molecule has 128 valence electrons. The molecule has 1 saturated carbocycles. The molecular formula is C15H30IN5O. The lowest BCUT2D eigenvalue weighted by Gasteiger charge is -2.26. The van der Waals surface area contributed by atoms with Crippen LogP contribution in [0.25, 0.3) is 0 Å². The second-order valence-electron chi connectivity index (χ2n) is 5.89. The predicted molar refractivity (Wildman–Crippen MR) is 101 cm³/mol. The molecule has 0 radical (unpaired) electrons. The van der Waals surface area contributed by atoms with Crippen molar-refractivity contribution in [2.24, 2.45) is 10.9 Å². The minimum absolute atomic E-state index is 0. The number of carbonyl (C=O) groups excluding carboxylic acids is 1. The third kappa shape index (κ3) is 7.62. The lowest BCUT2D eigenvalue weighted by Crippen LogP contribution is -2.44. The molecule has 2 fully saturated rings. The van der Waals surface area contributed by atoms with Crippen LogP contribution < -0.4 is 16.0 Å². The van der Waals surface area contributed by atoms with Gasteiger partial charge in [-0.05, 0) is 38.8 Å². The molecule has 0 spiro atoms. The Bertz CT molecular complexity index is 354. The van der Waals surface area contributed by atoms with E-state index in [9.17, 15) is 4.79 Å². The third-order valence-corrected chi connectivity index (χ3v) is 4.06. The highest BCUT2D eigenvalue weighted by molar-refractivity contribution is 14.0. The molecule has 7 heteroatoms. The van der Waals surface area contributed by atoms with Crippen LogP contribution in [-0.4, -0.2) is 63.1 Å². The van der Waals surface area contributed by atoms with Gasteiger partial charge in [0.05, 0.1) is 0 Å². The van der Waals surface area contributed by atoms with Crippen LogP contribution in [0.4, 0.5) is 0 Å². The van der Waals surface area contributed by atoms with Gasteiger partial charge in [0.1, 0.15) is 0 Å². The van der Waals surface area contributed by atoms with Crippen LogP contribution in [0.5, 0.6) is 0 Å². The summed E-state index contributed by atoms with van der Waals surface area (Å²) in [6, 6.07) is 0. The number of guanidine groups is 1. The smallest absolute Gasteiger partial charge is 0.223 e. The van der Waals surface area contributed by atoms with E-state index >= 15 is 0 Å². The molecule has 2 aliphatic rings. The fraction of sp³-hybridized carbons (Fsp3) is 0.867. The van der Waals surface area contributed by atoms with Gasteiger partial charge in [-0.3, -0.25) is 9.79 Å². The van der Waals surface area contributed by atoms with Gasteiger partial charge in [-0.2, -0.15) is 0 Å². The van der Waals surface area contributed by atoms with Crippen LogP contribution in [0.15, 0.2) is 4.99 Å². The van der Waals surface area contributed by atoms with Gasteiger partial charge in [0.25, 0.3) is 0 Å². The third-order valence-electron chi connectivity index (χ3n) is 4.06. The quantitative estimate of drug-likeness (QED) is 0.245. The van der Waals surface area contributed by atoms with Gasteiger partial charge in [0, 0.05) is 39.1 Å². The first-order chi connectivity index (χ1) is 10.3. The van der Waals surface area contributed by atoms with Crippen molar-refractivity contribution in [2.45, 2.75) is 32.1 Å². The Labute approximate surface area is 150 Å². The first kappa shape index (κ1) is 19.5. The molecule has 0 bridgehead atoms. The fourth-order valence-corrected chi connectivity index (χ4v) is 2.59. The summed E-state index contributed by atoms with van der Waals surface area (Å²) < 4.78 is 0. The Kier molecular flexibility index (Phi) is 9.77. The second kappa shape index (κ2) is 11.0. The van der Waals surface area contributed by atoms with Crippen molar-refractivity contribution in [2.75, 3.05) is 46.3 Å². The highest BCUT2D eigenvalue weighted by atomic mass is 127. The van der Waals surface area contributed by atoms with E-state index < -0.39 is 0 Å². The highest BCUT2D eigenvalue weighted by Gasteiger charge is 2.28. The summed E-state index contributed by atoms with van der Waals surface area (Å²) in [6.45, 7) is 5.79. The van der Waals surface area contributed by atoms with E-state index in [2.05, 4.69) is 25.8 Å². The summed E-state index contributed by atoms with van der Waals surface area (Å²) >= 11 is 0. The SMILES string of the molecule is CN=C(NCCNC(=O)C1CC1)NCCN1CCCCC1.I. The van der Waals surface area contributed by atoms with Crippen molar-refractivity contribution < 1.29 is 4.79 Å². The van der Waals surface area contributed by atoms with E-state index in [0.29, 0.717) is 13.1 Å². The number of nitrogens with one attached hydrogen (secondary N) is 3. The van der Waals surface area contributed by atoms with Crippen LogP contribution in [0.2, 0.25) is 0 Å². The minimum Gasteiger partial charge on any atom is -0.355 e. The molecule has 1 amide bonds. The number of amides is 1. The number of aliphatic imine (C=N–C) groups is 1. The van der Waals surface area contributed by atoms with E-state index in [-0.39, 0.29) is 35.8 Å². The fourth-order valence-electron chi connectivity index (χ4n) is 2.59. The van der Waals surface area contributed by atoms with Crippen LogP contribution in [0, 0.1) is 5.92 Å². The number of rotatable bonds is 7. The van der Waals surface area contributed by atoms with E-state index in [1.807, 2.05) is 0 Å². The van der Waals surface area contributed by atoms with Gasteiger partial charge >= 0.3 is 0 Å². The van der Waals surface area contributed by atoms with Crippen LogP contribution in [0.1, 0.15) is 32.1 Å². The van der Waals surface area contributed by atoms with E-state index in [0.717, 1.165) is 31.9 Å². The van der Waals surface area contributed by atoms with E-state index in [1.54, 1.807) is 7.05 Å². The predicted octanol–water partition coefficient (Wildman–Crippen LogP) is 0.781.